The molecule has 2 aromatic rings. The Hall–Kier alpha value is -1.80. The minimum absolute atomic E-state index is 0.245. The Labute approximate surface area is 157 Å². The third kappa shape index (κ3) is 2.95. The van der Waals surface area contributed by atoms with Gasteiger partial charge < -0.3 is 5.11 Å². The van der Waals surface area contributed by atoms with Crippen LogP contribution in [-0.4, -0.2) is 29.1 Å². The predicted octanol–water partition coefficient (Wildman–Crippen LogP) is 4.94. The van der Waals surface area contributed by atoms with Gasteiger partial charge in [0, 0.05) is 18.0 Å². The van der Waals surface area contributed by atoms with Gasteiger partial charge >= 0.3 is 0 Å². The van der Waals surface area contributed by atoms with E-state index in [0.29, 0.717) is 17.7 Å². The maximum atomic E-state index is 10.1. The highest BCUT2D eigenvalue weighted by molar-refractivity contribution is 5.44. The zero-order chi connectivity index (χ0) is 18.1. The highest BCUT2D eigenvalue weighted by Gasteiger charge is 2.50. The zero-order valence-electron chi connectivity index (χ0n) is 16.1. The summed E-state index contributed by atoms with van der Waals surface area (Å²) in [5.41, 5.74) is 4.58. The van der Waals surface area contributed by atoms with Crippen LogP contribution in [0.5, 0.6) is 5.75 Å². The number of phenols is 1. The monoisotopic (exact) mass is 349 g/mol. The molecule has 1 aliphatic carbocycles. The maximum Gasteiger partial charge on any atom is 0.115 e. The Kier molecular flexibility index (Phi) is 4.79. The van der Waals surface area contributed by atoms with Crippen LogP contribution in [-0.2, 0) is 18.3 Å². The van der Waals surface area contributed by atoms with E-state index in [0.717, 1.165) is 19.4 Å². The van der Waals surface area contributed by atoms with Crippen LogP contribution in [0.1, 0.15) is 49.8 Å². The molecule has 2 nitrogen and oxygen atoms in total. The molecular weight excluding hydrogens is 318 g/mol. The SMILES string of the molecule is CCC[C@@]12CCN(CCc3ccccc3)C(Cc3ccc(O)cc31)[C@@H]2C. The quantitative estimate of drug-likeness (QED) is 0.826. The van der Waals surface area contributed by atoms with E-state index in [1.54, 1.807) is 0 Å². The molecule has 3 atom stereocenters. The number of piperidine rings is 1. The average Bonchev–Trinajstić information content (AvgIpc) is 2.65. The molecule has 2 aromatic carbocycles. The second-order valence-electron chi connectivity index (χ2n) is 8.33. The van der Waals surface area contributed by atoms with E-state index >= 15 is 0 Å². The van der Waals surface area contributed by atoms with E-state index < -0.39 is 0 Å². The average molecular weight is 350 g/mol. The van der Waals surface area contributed by atoms with Gasteiger partial charge in [-0.1, -0.05) is 56.7 Å². The van der Waals surface area contributed by atoms with Gasteiger partial charge in [0.1, 0.15) is 5.75 Å². The molecule has 1 fully saturated rings. The van der Waals surface area contributed by atoms with Crippen molar-refractivity contribution >= 4 is 0 Å². The van der Waals surface area contributed by atoms with Crippen LogP contribution in [0.3, 0.4) is 0 Å². The fourth-order valence-electron chi connectivity index (χ4n) is 5.67. The van der Waals surface area contributed by atoms with Crippen LogP contribution in [0.25, 0.3) is 0 Å². The molecule has 0 saturated carbocycles. The number of fused-ring (bicyclic) bond motifs is 4. The minimum Gasteiger partial charge on any atom is -0.508 e. The number of hydrogen-bond acceptors (Lipinski definition) is 2. The summed E-state index contributed by atoms with van der Waals surface area (Å²) in [6, 6.07) is 17.6. The van der Waals surface area contributed by atoms with Gasteiger partial charge in [0.25, 0.3) is 0 Å². The highest BCUT2D eigenvalue weighted by Crippen LogP contribution is 2.52. The lowest BCUT2D eigenvalue weighted by molar-refractivity contribution is 0.0188. The van der Waals surface area contributed by atoms with Crippen molar-refractivity contribution in [1.29, 1.82) is 0 Å². The number of aromatic hydroxyl groups is 1. The van der Waals surface area contributed by atoms with Crippen LogP contribution >= 0.6 is 0 Å². The fraction of sp³-hybridized carbons (Fsp3) is 0.500. The Morgan fingerprint density at radius 3 is 2.73 bits per heavy atom. The molecule has 2 bridgehead atoms. The van der Waals surface area contributed by atoms with Gasteiger partial charge in [0.2, 0.25) is 0 Å². The van der Waals surface area contributed by atoms with E-state index in [1.165, 1.54) is 42.5 Å². The highest BCUT2D eigenvalue weighted by atomic mass is 16.3. The zero-order valence-corrected chi connectivity index (χ0v) is 16.1. The van der Waals surface area contributed by atoms with Crippen molar-refractivity contribution in [2.24, 2.45) is 5.92 Å². The first kappa shape index (κ1) is 17.6. The molecular formula is C24H31NO. The largest absolute Gasteiger partial charge is 0.508 e. The predicted molar refractivity (Wildman–Crippen MR) is 108 cm³/mol. The topological polar surface area (TPSA) is 23.5 Å². The van der Waals surface area contributed by atoms with Crippen molar-refractivity contribution < 1.29 is 5.11 Å². The van der Waals surface area contributed by atoms with E-state index in [4.69, 9.17) is 0 Å². The Morgan fingerprint density at radius 2 is 1.96 bits per heavy atom. The molecule has 0 amide bonds. The summed E-state index contributed by atoms with van der Waals surface area (Å²) >= 11 is 0. The first-order chi connectivity index (χ1) is 12.6. The number of hydrogen-bond donors (Lipinski definition) is 1. The van der Waals surface area contributed by atoms with E-state index in [2.05, 4.69) is 61.2 Å². The molecule has 1 saturated heterocycles. The molecule has 1 N–H and O–H groups in total. The number of rotatable bonds is 5. The Balaban J connectivity index is 1.61. The molecule has 2 heteroatoms. The summed E-state index contributed by atoms with van der Waals surface area (Å²) in [6.45, 7) is 7.09. The van der Waals surface area contributed by atoms with Crippen molar-refractivity contribution in [1.82, 2.24) is 4.90 Å². The van der Waals surface area contributed by atoms with Crippen molar-refractivity contribution in [3.63, 3.8) is 0 Å². The minimum atomic E-state index is 0.245. The van der Waals surface area contributed by atoms with Gasteiger partial charge in [-0.25, -0.2) is 0 Å². The number of benzene rings is 2. The molecule has 26 heavy (non-hydrogen) atoms. The molecule has 0 aromatic heterocycles. The van der Waals surface area contributed by atoms with Gasteiger partial charge in [-0.05, 0) is 67.0 Å². The van der Waals surface area contributed by atoms with Gasteiger partial charge in [-0.3, -0.25) is 4.90 Å². The number of likely N-dealkylation sites (tertiary alicyclic amines) is 1. The molecule has 2 aliphatic rings. The second kappa shape index (κ2) is 7.08. The lowest BCUT2D eigenvalue weighted by atomic mass is 9.56. The second-order valence-corrected chi connectivity index (χ2v) is 8.33. The van der Waals surface area contributed by atoms with Crippen LogP contribution in [0.4, 0.5) is 0 Å². The van der Waals surface area contributed by atoms with Gasteiger partial charge in [0.15, 0.2) is 0 Å². The third-order valence-corrected chi connectivity index (χ3v) is 7.05. The van der Waals surface area contributed by atoms with Gasteiger partial charge in [0.05, 0.1) is 0 Å². The summed E-state index contributed by atoms with van der Waals surface area (Å²) in [6.07, 6.45) is 5.90. The maximum absolute atomic E-state index is 10.1. The third-order valence-electron chi connectivity index (χ3n) is 7.05. The van der Waals surface area contributed by atoms with E-state index in [-0.39, 0.29) is 5.41 Å². The van der Waals surface area contributed by atoms with Gasteiger partial charge in [-0.15, -0.1) is 0 Å². The standard InChI is InChI=1S/C24H31NO/c1-3-12-24-13-15-25(14-11-19-7-5-4-6-8-19)23(18(24)2)16-20-9-10-21(26)17-22(20)24/h4-10,17-18,23,26H,3,11-16H2,1-2H3/t18-,23?,24-/m0/s1. The Morgan fingerprint density at radius 1 is 1.15 bits per heavy atom. The van der Waals surface area contributed by atoms with Crippen LogP contribution in [0.2, 0.25) is 0 Å². The van der Waals surface area contributed by atoms with Crippen molar-refractivity contribution in [2.75, 3.05) is 13.1 Å². The molecule has 1 heterocycles. The Bertz CT molecular complexity index is 756. The lowest BCUT2D eigenvalue weighted by Crippen LogP contribution is -2.59. The summed E-state index contributed by atoms with van der Waals surface area (Å²) in [4.78, 5) is 2.74. The van der Waals surface area contributed by atoms with E-state index in [9.17, 15) is 5.11 Å². The van der Waals surface area contributed by atoms with Crippen molar-refractivity contribution in [2.45, 2.75) is 57.4 Å². The fourth-order valence-corrected chi connectivity index (χ4v) is 5.67. The van der Waals surface area contributed by atoms with Crippen LogP contribution in [0.15, 0.2) is 48.5 Å². The molecule has 1 unspecified atom stereocenters. The smallest absolute Gasteiger partial charge is 0.115 e. The molecule has 4 rings (SSSR count). The van der Waals surface area contributed by atoms with Crippen LogP contribution in [0, 0.1) is 5.92 Å². The molecule has 138 valence electrons. The number of phenolic OH excluding ortho intramolecular Hbond substituents is 1. The van der Waals surface area contributed by atoms with Gasteiger partial charge in [-0.2, -0.15) is 0 Å². The van der Waals surface area contributed by atoms with Crippen molar-refractivity contribution in [3.8, 4) is 5.75 Å². The molecule has 0 radical (unpaired) electrons. The molecule has 1 aliphatic heterocycles. The first-order valence-electron chi connectivity index (χ1n) is 10.2. The normalized spacial score (nSPS) is 27.9. The molecule has 0 spiro atoms. The van der Waals surface area contributed by atoms with Crippen LogP contribution < -0.4 is 0 Å². The summed E-state index contributed by atoms with van der Waals surface area (Å²) < 4.78 is 0. The van der Waals surface area contributed by atoms with E-state index in [1.807, 2.05) is 6.07 Å². The first-order valence-corrected chi connectivity index (χ1v) is 10.2. The summed E-state index contributed by atoms with van der Waals surface area (Å²) in [5.74, 6) is 1.07. The van der Waals surface area contributed by atoms with Crippen molar-refractivity contribution in [3.05, 3.63) is 65.2 Å². The lowest BCUT2D eigenvalue weighted by Gasteiger charge is -2.56. The summed E-state index contributed by atoms with van der Waals surface area (Å²) in [7, 11) is 0. The number of nitrogens with zero attached hydrogens (tertiary/aromatic N) is 1. The summed E-state index contributed by atoms with van der Waals surface area (Å²) in [5, 5.41) is 10.1.